The van der Waals surface area contributed by atoms with Crippen molar-refractivity contribution in [2.45, 2.75) is 125 Å². The van der Waals surface area contributed by atoms with Crippen molar-refractivity contribution in [2.24, 2.45) is 0 Å². The number of rotatable bonds is 5. The van der Waals surface area contributed by atoms with Crippen LogP contribution in [0.15, 0.2) is 36.4 Å². The molecule has 3 N–H and O–H groups in total. The van der Waals surface area contributed by atoms with Crippen molar-refractivity contribution < 1.29 is 15.3 Å². The van der Waals surface area contributed by atoms with E-state index in [2.05, 4.69) is 108 Å². The van der Waals surface area contributed by atoms with Crippen LogP contribution < -0.4 is 0 Å². The lowest BCUT2D eigenvalue weighted by Crippen LogP contribution is -2.19. The van der Waals surface area contributed by atoms with Gasteiger partial charge in [0.15, 0.2) is 0 Å². The van der Waals surface area contributed by atoms with Gasteiger partial charge >= 0.3 is 0 Å². The zero-order valence-corrected chi connectivity index (χ0v) is 27.2. The van der Waals surface area contributed by atoms with E-state index in [1.54, 1.807) is 0 Å². The fourth-order valence-corrected chi connectivity index (χ4v) is 6.08. The second-order valence-electron chi connectivity index (χ2n) is 15.1. The third-order valence-corrected chi connectivity index (χ3v) is 8.58. The topological polar surface area (TPSA) is 60.7 Å². The summed E-state index contributed by atoms with van der Waals surface area (Å²) in [6.45, 7) is 27.8. The van der Waals surface area contributed by atoms with Crippen LogP contribution in [0.25, 0.3) is 0 Å². The Balaban J connectivity index is 2.31. The summed E-state index contributed by atoms with van der Waals surface area (Å²) in [4.78, 5) is 0. The van der Waals surface area contributed by atoms with Gasteiger partial charge in [0, 0.05) is 0 Å². The highest BCUT2D eigenvalue weighted by Crippen LogP contribution is 2.45. The molecule has 0 aliphatic heterocycles. The molecule has 0 fully saturated rings. The number of hydrogen-bond acceptors (Lipinski definition) is 3. The van der Waals surface area contributed by atoms with E-state index < -0.39 is 0 Å². The van der Waals surface area contributed by atoms with Gasteiger partial charge in [-0.2, -0.15) is 0 Å². The Labute approximate surface area is 243 Å². The minimum atomic E-state index is -0.206. The summed E-state index contributed by atoms with van der Waals surface area (Å²) < 4.78 is 0. The Morgan fingerprint density at radius 1 is 0.525 bits per heavy atom. The van der Waals surface area contributed by atoms with Gasteiger partial charge in [0.2, 0.25) is 0 Å². The van der Waals surface area contributed by atoms with Crippen LogP contribution in [0.4, 0.5) is 0 Å². The number of benzene rings is 3. The maximum Gasteiger partial charge on any atom is 0.119 e. The van der Waals surface area contributed by atoms with Gasteiger partial charge in [-0.05, 0) is 124 Å². The molecule has 3 aromatic rings. The molecule has 0 saturated carbocycles. The molecule has 0 aliphatic carbocycles. The Kier molecular flexibility index (Phi) is 8.53. The van der Waals surface area contributed by atoms with E-state index in [1.807, 2.05) is 18.2 Å². The highest BCUT2D eigenvalue weighted by atomic mass is 16.3. The third kappa shape index (κ3) is 6.51. The minimum absolute atomic E-state index is 0.105. The lowest BCUT2D eigenvalue weighted by atomic mass is 9.72. The minimum Gasteiger partial charge on any atom is -0.508 e. The molecule has 0 bridgehead atoms. The zero-order chi connectivity index (χ0) is 30.5. The summed E-state index contributed by atoms with van der Waals surface area (Å²) in [5.74, 6) is 1.26. The summed E-state index contributed by atoms with van der Waals surface area (Å²) in [5.41, 5.74) is 9.17. The number of hydrogen-bond donors (Lipinski definition) is 3. The SMILES string of the molecule is Cc1cc(O)c(C(C)(C)C)cc1C[C@H](c1cc(C(C)(C)C)c(O)cc1C)[C@H](C)c1cc(C(C)(C)C)c(O)cc1C. The first-order valence-corrected chi connectivity index (χ1v) is 14.6. The fraction of sp³-hybridized carbons (Fsp3) is 0.514. The first-order valence-electron chi connectivity index (χ1n) is 14.6. The third-order valence-electron chi connectivity index (χ3n) is 8.58. The quantitative estimate of drug-likeness (QED) is 0.299. The van der Waals surface area contributed by atoms with Gasteiger partial charge in [-0.3, -0.25) is 0 Å². The monoisotopic (exact) mass is 544 g/mol. The second-order valence-corrected chi connectivity index (χ2v) is 15.1. The van der Waals surface area contributed by atoms with E-state index >= 15 is 0 Å². The average molecular weight is 545 g/mol. The predicted molar refractivity (Wildman–Crippen MR) is 169 cm³/mol. The van der Waals surface area contributed by atoms with Gasteiger partial charge in [0.05, 0.1) is 0 Å². The van der Waals surface area contributed by atoms with E-state index in [9.17, 15) is 15.3 Å². The van der Waals surface area contributed by atoms with Gasteiger partial charge in [0.25, 0.3) is 0 Å². The summed E-state index contributed by atoms with van der Waals surface area (Å²) in [7, 11) is 0. The first-order chi connectivity index (χ1) is 18.1. The van der Waals surface area contributed by atoms with Crippen LogP contribution in [-0.2, 0) is 22.7 Å². The molecule has 3 heteroatoms. The molecule has 3 nitrogen and oxygen atoms in total. The average Bonchev–Trinajstić information content (AvgIpc) is 2.76. The van der Waals surface area contributed by atoms with Crippen molar-refractivity contribution in [1.29, 1.82) is 0 Å². The fourth-order valence-electron chi connectivity index (χ4n) is 6.08. The van der Waals surface area contributed by atoms with Crippen molar-refractivity contribution in [3.05, 3.63) is 86.5 Å². The standard InChI is InChI=1S/C37H52O3/c1-21-14-32(38)29(35(5,6)7)18-25(21)17-28(27-20-31(37(11,12)13)34(40)16-23(27)3)24(4)26-19-30(36(8,9)10)33(39)15-22(26)2/h14-16,18-20,24,28,38-40H,17H2,1-13H3/t24-,28+/m1/s1. The normalized spacial score (nSPS) is 14.3. The van der Waals surface area contributed by atoms with E-state index in [-0.39, 0.29) is 28.1 Å². The molecule has 0 amide bonds. The van der Waals surface area contributed by atoms with Crippen LogP contribution in [0, 0.1) is 20.8 Å². The lowest BCUT2D eigenvalue weighted by molar-refractivity contribution is 0.441. The highest BCUT2D eigenvalue weighted by molar-refractivity contribution is 5.51. The molecule has 0 radical (unpaired) electrons. The molecule has 2 atom stereocenters. The van der Waals surface area contributed by atoms with E-state index in [0.29, 0.717) is 17.2 Å². The van der Waals surface area contributed by atoms with Crippen molar-refractivity contribution in [1.82, 2.24) is 0 Å². The molecule has 0 unspecified atom stereocenters. The number of phenols is 3. The van der Waals surface area contributed by atoms with Gasteiger partial charge in [-0.15, -0.1) is 0 Å². The predicted octanol–water partition coefficient (Wildman–Crippen LogP) is 9.75. The van der Waals surface area contributed by atoms with Crippen LogP contribution >= 0.6 is 0 Å². The molecule has 0 heterocycles. The van der Waals surface area contributed by atoms with Crippen LogP contribution in [0.2, 0.25) is 0 Å². The summed E-state index contributed by atoms with van der Waals surface area (Å²) in [6, 6.07) is 12.3. The molecule has 0 aliphatic rings. The highest BCUT2D eigenvalue weighted by Gasteiger charge is 2.30. The largest absolute Gasteiger partial charge is 0.508 e. The summed E-state index contributed by atoms with van der Waals surface area (Å²) in [5, 5.41) is 32.6. The molecule has 0 spiro atoms. The van der Waals surface area contributed by atoms with Crippen LogP contribution in [-0.4, -0.2) is 15.3 Å². The molecular formula is C37H52O3. The molecule has 218 valence electrons. The first kappa shape index (κ1) is 31.6. The lowest BCUT2D eigenvalue weighted by Gasteiger charge is -2.32. The van der Waals surface area contributed by atoms with Gasteiger partial charge in [-0.25, -0.2) is 0 Å². The summed E-state index contributed by atoms with van der Waals surface area (Å²) in [6.07, 6.45) is 0.788. The summed E-state index contributed by atoms with van der Waals surface area (Å²) >= 11 is 0. The molecule has 3 rings (SSSR count). The Hall–Kier alpha value is -2.94. The van der Waals surface area contributed by atoms with E-state index in [4.69, 9.17) is 0 Å². The van der Waals surface area contributed by atoms with Crippen molar-refractivity contribution in [2.75, 3.05) is 0 Å². The molecule has 0 aromatic heterocycles. The van der Waals surface area contributed by atoms with Gasteiger partial charge < -0.3 is 15.3 Å². The van der Waals surface area contributed by atoms with Gasteiger partial charge in [0.1, 0.15) is 17.2 Å². The smallest absolute Gasteiger partial charge is 0.119 e. The maximum atomic E-state index is 10.9. The Morgan fingerprint density at radius 2 is 0.875 bits per heavy atom. The number of aryl methyl sites for hydroxylation is 3. The molecule has 3 aromatic carbocycles. The van der Waals surface area contributed by atoms with Crippen molar-refractivity contribution >= 4 is 0 Å². The van der Waals surface area contributed by atoms with Crippen LogP contribution in [0.5, 0.6) is 17.2 Å². The van der Waals surface area contributed by atoms with Crippen LogP contribution in [0.3, 0.4) is 0 Å². The van der Waals surface area contributed by atoms with Gasteiger partial charge in [-0.1, -0.05) is 87.4 Å². The maximum absolute atomic E-state index is 10.9. The second kappa shape index (κ2) is 10.8. The van der Waals surface area contributed by atoms with E-state index in [0.717, 1.165) is 39.8 Å². The Bertz CT molecular complexity index is 1390. The van der Waals surface area contributed by atoms with Crippen molar-refractivity contribution in [3.8, 4) is 17.2 Å². The Morgan fingerprint density at radius 3 is 1.30 bits per heavy atom. The number of phenolic OH excluding ortho intramolecular Hbond substituents is 3. The van der Waals surface area contributed by atoms with Crippen molar-refractivity contribution in [3.63, 3.8) is 0 Å². The van der Waals surface area contributed by atoms with E-state index in [1.165, 1.54) is 16.7 Å². The molecular weight excluding hydrogens is 492 g/mol. The zero-order valence-electron chi connectivity index (χ0n) is 27.2. The number of aromatic hydroxyl groups is 3. The molecule has 0 saturated heterocycles. The van der Waals surface area contributed by atoms with Crippen LogP contribution in [0.1, 0.15) is 131 Å². The molecule has 40 heavy (non-hydrogen) atoms.